The summed E-state index contributed by atoms with van der Waals surface area (Å²) >= 11 is 0. The van der Waals surface area contributed by atoms with Gasteiger partial charge in [-0.15, -0.1) is 0 Å². The zero-order valence-electron chi connectivity index (χ0n) is 14.0. The van der Waals surface area contributed by atoms with Crippen molar-refractivity contribution < 1.29 is 18.8 Å². The third-order valence-corrected chi connectivity index (χ3v) is 4.10. The van der Waals surface area contributed by atoms with Crippen LogP contribution in [0, 0.1) is 5.82 Å². The van der Waals surface area contributed by atoms with Gasteiger partial charge in [-0.1, -0.05) is 53.7 Å². The van der Waals surface area contributed by atoms with Crippen LogP contribution in [-0.4, -0.2) is 21.2 Å². The number of aromatic carboxylic acids is 1. The molecule has 1 N–H and O–H groups in total. The van der Waals surface area contributed by atoms with Crippen LogP contribution < -0.4 is 0 Å². The normalized spacial score (nSPS) is 10.7. The van der Waals surface area contributed by atoms with Crippen molar-refractivity contribution in [1.29, 1.82) is 0 Å². The fourth-order valence-corrected chi connectivity index (χ4v) is 2.74. The van der Waals surface area contributed by atoms with E-state index in [0.717, 1.165) is 11.1 Å². The molecule has 0 spiro atoms. The fourth-order valence-electron chi connectivity index (χ4n) is 2.74. The molecule has 0 amide bonds. The second-order valence-electron chi connectivity index (χ2n) is 5.87. The van der Waals surface area contributed by atoms with E-state index in [0.29, 0.717) is 5.56 Å². The van der Waals surface area contributed by atoms with Crippen molar-refractivity contribution in [3.05, 3.63) is 84.2 Å². The quantitative estimate of drug-likeness (QED) is 0.560. The standard InChI is InChI=1S/C21H13FN2O3/c22-18-12-14(13-5-2-1-3-6-13)9-10-17(18)20-23-19(24-27-20)15-7-4-8-16(11-15)21(25)26/h1-12H,(H,25,26). The van der Waals surface area contributed by atoms with Crippen molar-refractivity contribution in [2.24, 2.45) is 0 Å². The summed E-state index contributed by atoms with van der Waals surface area (Å²) in [6.07, 6.45) is 0. The summed E-state index contributed by atoms with van der Waals surface area (Å²) in [7, 11) is 0. The Morgan fingerprint density at radius 3 is 2.41 bits per heavy atom. The number of halogens is 1. The zero-order chi connectivity index (χ0) is 18.8. The average Bonchev–Trinajstić information content (AvgIpc) is 3.18. The molecule has 4 rings (SSSR count). The van der Waals surface area contributed by atoms with Gasteiger partial charge >= 0.3 is 5.97 Å². The van der Waals surface area contributed by atoms with Gasteiger partial charge in [-0.05, 0) is 35.4 Å². The first-order valence-corrected chi connectivity index (χ1v) is 8.14. The van der Waals surface area contributed by atoms with Gasteiger partial charge < -0.3 is 9.63 Å². The van der Waals surface area contributed by atoms with Crippen LogP contribution in [0.15, 0.2) is 77.3 Å². The summed E-state index contributed by atoms with van der Waals surface area (Å²) < 4.78 is 19.8. The maximum Gasteiger partial charge on any atom is 0.335 e. The van der Waals surface area contributed by atoms with Crippen molar-refractivity contribution in [2.75, 3.05) is 0 Å². The molecule has 0 radical (unpaired) electrons. The number of hydrogen-bond acceptors (Lipinski definition) is 4. The largest absolute Gasteiger partial charge is 0.478 e. The van der Waals surface area contributed by atoms with Crippen LogP contribution in [0.4, 0.5) is 4.39 Å². The Labute approximate surface area is 153 Å². The summed E-state index contributed by atoms with van der Waals surface area (Å²) in [6.45, 7) is 0. The lowest BCUT2D eigenvalue weighted by Crippen LogP contribution is -1.96. The van der Waals surface area contributed by atoms with Gasteiger partial charge in [0.2, 0.25) is 5.82 Å². The molecular weight excluding hydrogens is 347 g/mol. The van der Waals surface area contributed by atoms with Crippen LogP contribution in [0.25, 0.3) is 34.0 Å². The molecule has 4 aromatic rings. The van der Waals surface area contributed by atoms with Crippen molar-refractivity contribution >= 4 is 5.97 Å². The highest BCUT2D eigenvalue weighted by Crippen LogP contribution is 2.28. The third-order valence-electron chi connectivity index (χ3n) is 4.10. The lowest BCUT2D eigenvalue weighted by atomic mass is 10.0. The highest BCUT2D eigenvalue weighted by Gasteiger charge is 2.16. The SMILES string of the molecule is O=C(O)c1cccc(-c2noc(-c3ccc(-c4ccccc4)cc3F)n2)c1. The van der Waals surface area contributed by atoms with Gasteiger partial charge in [0, 0.05) is 5.56 Å². The van der Waals surface area contributed by atoms with Gasteiger partial charge in [0.1, 0.15) is 5.82 Å². The minimum Gasteiger partial charge on any atom is -0.478 e. The lowest BCUT2D eigenvalue weighted by Gasteiger charge is -2.03. The number of benzene rings is 3. The van der Waals surface area contributed by atoms with E-state index in [1.807, 2.05) is 30.3 Å². The van der Waals surface area contributed by atoms with Crippen LogP contribution in [0.1, 0.15) is 10.4 Å². The van der Waals surface area contributed by atoms with E-state index < -0.39 is 11.8 Å². The number of hydrogen-bond donors (Lipinski definition) is 1. The van der Waals surface area contributed by atoms with Crippen LogP contribution in [0.5, 0.6) is 0 Å². The van der Waals surface area contributed by atoms with Crippen LogP contribution in [-0.2, 0) is 0 Å². The Hall–Kier alpha value is -3.80. The smallest absolute Gasteiger partial charge is 0.335 e. The molecule has 132 valence electrons. The third kappa shape index (κ3) is 3.32. The molecule has 0 saturated heterocycles. The van der Waals surface area contributed by atoms with E-state index in [2.05, 4.69) is 10.1 Å². The van der Waals surface area contributed by atoms with E-state index in [1.165, 1.54) is 18.2 Å². The first kappa shape index (κ1) is 16.7. The van der Waals surface area contributed by atoms with Crippen molar-refractivity contribution in [3.63, 3.8) is 0 Å². The van der Waals surface area contributed by atoms with E-state index in [9.17, 15) is 9.18 Å². The Balaban J connectivity index is 1.67. The summed E-state index contributed by atoms with van der Waals surface area (Å²) in [4.78, 5) is 15.3. The summed E-state index contributed by atoms with van der Waals surface area (Å²) in [5.41, 5.74) is 2.41. The number of carbonyl (C=O) groups is 1. The maximum atomic E-state index is 14.6. The molecule has 1 heterocycles. The summed E-state index contributed by atoms with van der Waals surface area (Å²) in [6, 6.07) is 20.4. The molecule has 0 fully saturated rings. The average molecular weight is 360 g/mol. The van der Waals surface area contributed by atoms with Crippen LogP contribution >= 0.6 is 0 Å². The molecule has 6 heteroatoms. The predicted octanol–water partition coefficient (Wildman–Crippen LogP) is 4.91. The molecule has 0 bridgehead atoms. The molecule has 0 atom stereocenters. The number of carboxylic acids is 1. The highest BCUT2D eigenvalue weighted by atomic mass is 19.1. The van der Waals surface area contributed by atoms with Gasteiger partial charge in [0.15, 0.2) is 0 Å². The first-order chi connectivity index (χ1) is 13.1. The second kappa shape index (κ2) is 6.84. The minimum atomic E-state index is -1.05. The summed E-state index contributed by atoms with van der Waals surface area (Å²) in [5, 5.41) is 12.9. The molecule has 0 aliphatic heterocycles. The lowest BCUT2D eigenvalue weighted by molar-refractivity contribution is 0.0697. The number of carboxylic acid groups (broad SMARTS) is 1. The maximum absolute atomic E-state index is 14.6. The van der Waals surface area contributed by atoms with E-state index in [1.54, 1.807) is 24.3 Å². The number of aromatic nitrogens is 2. The van der Waals surface area contributed by atoms with Gasteiger partial charge in [0.25, 0.3) is 5.89 Å². The molecular formula is C21H13FN2O3. The van der Waals surface area contributed by atoms with Gasteiger partial charge in [-0.2, -0.15) is 4.98 Å². The van der Waals surface area contributed by atoms with Crippen molar-refractivity contribution in [2.45, 2.75) is 0 Å². The Kier molecular flexibility index (Phi) is 4.22. The van der Waals surface area contributed by atoms with Gasteiger partial charge in [0.05, 0.1) is 11.1 Å². The molecule has 0 unspecified atom stereocenters. The van der Waals surface area contributed by atoms with Crippen LogP contribution in [0.3, 0.4) is 0 Å². The Morgan fingerprint density at radius 2 is 1.67 bits per heavy atom. The first-order valence-electron chi connectivity index (χ1n) is 8.14. The van der Waals surface area contributed by atoms with Crippen molar-refractivity contribution in [1.82, 2.24) is 10.1 Å². The monoisotopic (exact) mass is 360 g/mol. The highest BCUT2D eigenvalue weighted by molar-refractivity contribution is 5.89. The predicted molar refractivity (Wildman–Crippen MR) is 97.5 cm³/mol. The summed E-state index contributed by atoms with van der Waals surface area (Å²) in [5.74, 6) is -1.31. The molecule has 0 aliphatic rings. The fraction of sp³-hybridized carbons (Fsp3) is 0. The van der Waals surface area contributed by atoms with Crippen molar-refractivity contribution in [3.8, 4) is 34.0 Å². The Morgan fingerprint density at radius 1 is 0.889 bits per heavy atom. The molecule has 1 aromatic heterocycles. The molecule has 27 heavy (non-hydrogen) atoms. The molecule has 5 nitrogen and oxygen atoms in total. The Bertz CT molecular complexity index is 1120. The topological polar surface area (TPSA) is 76.2 Å². The van der Waals surface area contributed by atoms with E-state index >= 15 is 0 Å². The van der Waals surface area contributed by atoms with Crippen LogP contribution in [0.2, 0.25) is 0 Å². The zero-order valence-corrected chi connectivity index (χ0v) is 14.0. The van der Waals surface area contributed by atoms with E-state index in [4.69, 9.17) is 9.63 Å². The molecule has 0 aliphatic carbocycles. The number of rotatable bonds is 4. The number of nitrogens with zero attached hydrogens (tertiary/aromatic N) is 2. The second-order valence-corrected chi connectivity index (χ2v) is 5.87. The van der Waals surface area contributed by atoms with E-state index in [-0.39, 0.29) is 22.8 Å². The van der Waals surface area contributed by atoms with Gasteiger partial charge in [-0.25, -0.2) is 9.18 Å². The minimum absolute atomic E-state index is 0.0304. The molecule has 0 saturated carbocycles. The molecule has 3 aromatic carbocycles. The van der Waals surface area contributed by atoms with Gasteiger partial charge in [-0.3, -0.25) is 0 Å².